The van der Waals surface area contributed by atoms with Crippen molar-refractivity contribution in [3.63, 3.8) is 0 Å². The van der Waals surface area contributed by atoms with Crippen molar-refractivity contribution in [2.45, 2.75) is 6.10 Å². The first kappa shape index (κ1) is 14.0. The molecule has 0 radical (unpaired) electrons. The molecule has 0 aromatic heterocycles. The number of nitrogens with one attached hydrogen (secondary N) is 1. The van der Waals surface area contributed by atoms with E-state index < -0.39 is 12.0 Å². The number of benzene rings is 1. The van der Waals surface area contributed by atoms with Crippen molar-refractivity contribution in [3.8, 4) is 5.75 Å². The molecule has 17 heavy (non-hydrogen) atoms. The van der Waals surface area contributed by atoms with Gasteiger partial charge in [0.2, 0.25) is 5.91 Å². The third-order valence-corrected chi connectivity index (χ3v) is 2.46. The molecule has 0 aliphatic carbocycles. The lowest BCUT2D eigenvalue weighted by Crippen LogP contribution is -2.36. The van der Waals surface area contributed by atoms with Gasteiger partial charge in [0.05, 0.1) is 6.54 Å². The molecule has 1 atom stereocenters. The molecule has 0 spiro atoms. The second kappa shape index (κ2) is 7.26. The number of aliphatic hydroxyl groups excluding tert-OH is 1. The highest BCUT2D eigenvalue weighted by molar-refractivity contribution is 9.10. The van der Waals surface area contributed by atoms with Crippen molar-refractivity contribution in [1.29, 1.82) is 0 Å². The minimum Gasteiger partial charge on any atom is -0.491 e. The van der Waals surface area contributed by atoms with Crippen LogP contribution in [0.3, 0.4) is 0 Å². The second-order valence-corrected chi connectivity index (χ2v) is 4.43. The Balaban J connectivity index is 2.21. The van der Waals surface area contributed by atoms with Crippen molar-refractivity contribution >= 4 is 21.8 Å². The Hall–Kier alpha value is -1.11. The van der Waals surface area contributed by atoms with E-state index in [0.29, 0.717) is 5.75 Å². The minimum absolute atomic E-state index is 0.0509. The molecule has 0 fully saturated rings. The summed E-state index contributed by atoms with van der Waals surface area (Å²) in [5.41, 5.74) is 4.94. The first-order chi connectivity index (χ1) is 8.08. The number of aliphatic hydroxyl groups is 1. The highest BCUT2D eigenvalue weighted by atomic mass is 79.9. The van der Waals surface area contributed by atoms with Crippen LogP contribution in [0.4, 0.5) is 0 Å². The van der Waals surface area contributed by atoms with Crippen LogP contribution in [-0.2, 0) is 4.79 Å². The average Bonchev–Trinajstić information content (AvgIpc) is 2.28. The fourth-order valence-electron chi connectivity index (χ4n) is 1.14. The van der Waals surface area contributed by atoms with Gasteiger partial charge < -0.3 is 20.9 Å². The zero-order valence-electron chi connectivity index (χ0n) is 9.23. The fourth-order valence-corrected chi connectivity index (χ4v) is 1.41. The van der Waals surface area contributed by atoms with Gasteiger partial charge in [-0.05, 0) is 24.3 Å². The fraction of sp³-hybridized carbons (Fsp3) is 0.364. The topological polar surface area (TPSA) is 84.6 Å². The van der Waals surface area contributed by atoms with E-state index >= 15 is 0 Å². The van der Waals surface area contributed by atoms with Gasteiger partial charge in [-0.15, -0.1) is 0 Å². The van der Waals surface area contributed by atoms with Crippen molar-refractivity contribution in [2.24, 2.45) is 5.73 Å². The number of amides is 1. The van der Waals surface area contributed by atoms with Gasteiger partial charge in [-0.1, -0.05) is 15.9 Å². The van der Waals surface area contributed by atoms with Crippen LogP contribution in [-0.4, -0.2) is 36.8 Å². The zero-order chi connectivity index (χ0) is 12.7. The summed E-state index contributed by atoms with van der Waals surface area (Å²) in [6.45, 7) is 0.474. The van der Waals surface area contributed by atoms with Crippen LogP contribution < -0.4 is 15.8 Å². The molecule has 1 rings (SSSR count). The summed E-state index contributed by atoms with van der Waals surface area (Å²) in [6, 6.07) is 7.31. The number of ether oxygens (including phenoxy) is 1. The molecule has 0 saturated heterocycles. The van der Waals surface area contributed by atoms with Gasteiger partial charge in [0.25, 0.3) is 0 Å². The van der Waals surface area contributed by atoms with Gasteiger partial charge in [0.1, 0.15) is 18.5 Å². The number of carbonyl (C=O) groups excluding carboxylic acids is 1. The minimum atomic E-state index is -0.682. The average molecular weight is 303 g/mol. The maximum atomic E-state index is 10.4. The molecule has 0 bridgehead atoms. The molecule has 94 valence electrons. The first-order valence-electron chi connectivity index (χ1n) is 5.13. The van der Waals surface area contributed by atoms with Gasteiger partial charge in [-0.2, -0.15) is 0 Å². The number of primary amides is 1. The van der Waals surface area contributed by atoms with Gasteiger partial charge in [0, 0.05) is 11.0 Å². The molecule has 6 heteroatoms. The molecule has 1 aromatic carbocycles. The van der Waals surface area contributed by atoms with E-state index in [2.05, 4.69) is 21.2 Å². The molecular weight excluding hydrogens is 288 g/mol. The third kappa shape index (κ3) is 6.25. The van der Waals surface area contributed by atoms with Gasteiger partial charge >= 0.3 is 0 Å². The summed E-state index contributed by atoms with van der Waals surface area (Å²) in [7, 11) is 0. The number of carbonyl (C=O) groups is 1. The SMILES string of the molecule is NC(=O)CNCC(O)COc1ccc(Br)cc1. The van der Waals surface area contributed by atoms with Gasteiger partial charge in [-0.3, -0.25) is 4.79 Å². The molecule has 0 saturated carbocycles. The van der Waals surface area contributed by atoms with Crippen molar-refractivity contribution in [2.75, 3.05) is 19.7 Å². The maximum absolute atomic E-state index is 10.4. The van der Waals surface area contributed by atoms with E-state index in [1.165, 1.54) is 0 Å². The van der Waals surface area contributed by atoms with Crippen LogP contribution in [0.15, 0.2) is 28.7 Å². The predicted octanol–water partition coefficient (Wildman–Crippen LogP) is 0.264. The van der Waals surface area contributed by atoms with Crippen LogP contribution in [0, 0.1) is 0 Å². The van der Waals surface area contributed by atoms with Crippen LogP contribution >= 0.6 is 15.9 Å². The number of hydrogen-bond acceptors (Lipinski definition) is 4. The third-order valence-electron chi connectivity index (χ3n) is 1.94. The van der Waals surface area contributed by atoms with E-state index in [4.69, 9.17) is 10.5 Å². The normalized spacial score (nSPS) is 12.1. The number of halogens is 1. The Bertz CT molecular complexity index is 356. The monoisotopic (exact) mass is 302 g/mol. The van der Waals surface area contributed by atoms with Crippen LogP contribution in [0.25, 0.3) is 0 Å². The smallest absolute Gasteiger partial charge is 0.231 e. The standard InChI is InChI=1S/C11H15BrN2O3/c12-8-1-3-10(4-2-8)17-7-9(15)5-14-6-11(13)16/h1-4,9,14-15H,5-7H2,(H2,13,16). The first-order valence-corrected chi connectivity index (χ1v) is 5.92. The highest BCUT2D eigenvalue weighted by Crippen LogP contribution is 2.16. The van der Waals surface area contributed by atoms with Crippen LogP contribution in [0.1, 0.15) is 0 Å². The molecule has 5 nitrogen and oxygen atoms in total. The van der Waals surface area contributed by atoms with E-state index in [-0.39, 0.29) is 19.7 Å². The van der Waals surface area contributed by atoms with E-state index in [1.54, 1.807) is 12.1 Å². The molecule has 1 aromatic rings. The van der Waals surface area contributed by atoms with E-state index in [9.17, 15) is 9.90 Å². The Kier molecular flexibility index (Phi) is 5.96. The largest absolute Gasteiger partial charge is 0.491 e. The number of hydrogen-bond donors (Lipinski definition) is 3. The molecule has 4 N–H and O–H groups in total. The summed E-state index contributed by atoms with van der Waals surface area (Å²) in [5, 5.41) is 12.2. The molecule has 0 aliphatic heterocycles. The molecule has 0 aliphatic rings. The summed E-state index contributed by atoms with van der Waals surface area (Å²) in [6.07, 6.45) is -0.682. The van der Waals surface area contributed by atoms with Crippen LogP contribution in [0.2, 0.25) is 0 Å². The van der Waals surface area contributed by atoms with Crippen molar-refractivity contribution in [1.82, 2.24) is 5.32 Å². The predicted molar refractivity (Wildman–Crippen MR) is 67.7 cm³/mol. The summed E-state index contributed by atoms with van der Waals surface area (Å²) in [4.78, 5) is 10.4. The number of nitrogens with two attached hydrogens (primary N) is 1. The van der Waals surface area contributed by atoms with Crippen molar-refractivity contribution in [3.05, 3.63) is 28.7 Å². The van der Waals surface area contributed by atoms with E-state index in [1.807, 2.05) is 12.1 Å². The molecule has 0 heterocycles. The zero-order valence-corrected chi connectivity index (χ0v) is 10.8. The Labute approximate surface area is 108 Å². The molecule has 1 unspecified atom stereocenters. The van der Waals surface area contributed by atoms with Crippen LogP contribution in [0.5, 0.6) is 5.75 Å². The lowest BCUT2D eigenvalue weighted by atomic mass is 10.3. The number of rotatable bonds is 7. The lowest BCUT2D eigenvalue weighted by Gasteiger charge is -2.12. The van der Waals surface area contributed by atoms with Gasteiger partial charge in [-0.25, -0.2) is 0 Å². The quantitative estimate of drug-likeness (QED) is 0.675. The summed E-state index contributed by atoms with van der Waals surface area (Å²) >= 11 is 3.31. The lowest BCUT2D eigenvalue weighted by molar-refractivity contribution is -0.117. The maximum Gasteiger partial charge on any atom is 0.231 e. The van der Waals surface area contributed by atoms with Crippen molar-refractivity contribution < 1.29 is 14.6 Å². The second-order valence-electron chi connectivity index (χ2n) is 3.52. The molecule has 1 amide bonds. The van der Waals surface area contributed by atoms with E-state index in [0.717, 1.165) is 4.47 Å². The molecular formula is C11H15BrN2O3. The summed E-state index contributed by atoms with van der Waals surface area (Å²) < 4.78 is 6.32. The Morgan fingerprint density at radius 1 is 1.47 bits per heavy atom. The Morgan fingerprint density at radius 2 is 2.12 bits per heavy atom. The van der Waals surface area contributed by atoms with Gasteiger partial charge in [0.15, 0.2) is 0 Å². The Morgan fingerprint density at radius 3 is 2.71 bits per heavy atom. The highest BCUT2D eigenvalue weighted by Gasteiger charge is 2.05. The summed E-state index contributed by atoms with van der Waals surface area (Å²) in [5.74, 6) is 0.230.